The third-order valence-corrected chi connectivity index (χ3v) is 5.22. The number of likely N-dealkylation sites (N-methyl/N-ethyl adjacent to an activating group) is 1. The highest BCUT2D eigenvalue weighted by atomic mass is 16.1. The number of nitrogens with zero attached hydrogens (tertiary/aromatic N) is 2. The van der Waals surface area contributed by atoms with Gasteiger partial charge in [-0.25, -0.2) is 0 Å². The number of hydrogen-bond donors (Lipinski definition) is 2. The molecule has 27 heavy (non-hydrogen) atoms. The Hall–Kier alpha value is -3.23. The molecule has 4 rings (SSSR count). The Morgan fingerprint density at radius 2 is 2.00 bits per heavy atom. The first-order chi connectivity index (χ1) is 13.2. The minimum absolute atomic E-state index is 0.119. The van der Waals surface area contributed by atoms with Gasteiger partial charge in [0.2, 0.25) is 0 Å². The van der Waals surface area contributed by atoms with Crippen LogP contribution in [-0.4, -0.2) is 24.0 Å². The number of amides is 1. The molecule has 0 radical (unpaired) electrons. The Morgan fingerprint density at radius 3 is 2.74 bits per heavy atom. The summed E-state index contributed by atoms with van der Waals surface area (Å²) >= 11 is 0. The molecule has 3 aromatic rings. The lowest BCUT2D eigenvalue weighted by Crippen LogP contribution is -3.11. The Balaban J connectivity index is 1.78. The summed E-state index contributed by atoms with van der Waals surface area (Å²) in [5.74, 6) is -0.119. The fraction of sp³-hybridized carbons (Fsp3) is 0.227. The van der Waals surface area contributed by atoms with Crippen molar-refractivity contribution in [3.8, 4) is 6.07 Å². The summed E-state index contributed by atoms with van der Waals surface area (Å²) in [7, 11) is 0. The van der Waals surface area contributed by atoms with Crippen molar-refractivity contribution in [2.45, 2.75) is 19.9 Å². The highest BCUT2D eigenvalue weighted by Crippen LogP contribution is 2.26. The third-order valence-electron chi connectivity index (χ3n) is 5.22. The van der Waals surface area contributed by atoms with Crippen LogP contribution in [0, 0.1) is 11.3 Å². The van der Waals surface area contributed by atoms with Crippen LogP contribution in [0.25, 0.3) is 10.9 Å². The predicted octanol–water partition coefficient (Wildman–Crippen LogP) is 2.32. The molecule has 0 aliphatic carbocycles. The lowest BCUT2D eigenvalue weighted by atomic mass is 9.95. The van der Waals surface area contributed by atoms with E-state index in [2.05, 4.69) is 18.3 Å². The maximum atomic E-state index is 13.2. The molecule has 0 spiro atoms. The van der Waals surface area contributed by atoms with E-state index < -0.39 is 0 Å². The molecule has 2 N–H and O–H groups in total. The number of rotatable bonds is 3. The predicted molar refractivity (Wildman–Crippen MR) is 105 cm³/mol. The topological polar surface area (TPSA) is 70.2 Å². The van der Waals surface area contributed by atoms with Crippen LogP contribution < -0.4 is 10.2 Å². The molecule has 134 valence electrons. The zero-order valence-electron chi connectivity index (χ0n) is 15.2. The highest BCUT2D eigenvalue weighted by Gasteiger charge is 2.27. The second kappa shape index (κ2) is 7.18. The number of anilines is 1. The van der Waals surface area contributed by atoms with Crippen LogP contribution in [0.5, 0.6) is 0 Å². The summed E-state index contributed by atoms with van der Waals surface area (Å²) in [5.41, 5.74) is 4.94. The highest BCUT2D eigenvalue weighted by molar-refractivity contribution is 6.13. The van der Waals surface area contributed by atoms with E-state index in [9.17, 15) is 4.79 Å². The Morgan fingerprint density at radius 1 is 1.22 bits per heavy atom. The van der Waals surface area contributed by atoms with Gasteiger partial charge in [-0.15, -0.1) is 0 Å². The Kier molecular flexibility index (Phi) is 4.57. The van der Waals surface area contributed by atoms with Gasteiger partial charge >= 0.3 is 0 Å². The molecule has 0 saturated carbocycles. The monoisotopic (exact) mass is 357 g/mol. The van der Waals surface area contributed by atoms with Crippen molar-refractivity contribution >= 4 is 22.5 Å². The van der Waals surface area contributed by atoms with Crippen LogP contribution in [-0.2, 0) is 13.0 Å². The number of fused-ring (bicyclic) bond motifs is 2. The number of benzene rings is 2. The summed E-state index contributed by atoms with van der Waals surface area (Å²) in [5, 5.41) is 12.8. The van der Waals surface area contributed by atoms with E-state index in [-0.39, 0.29) is 5.91 Å². The van der Waals surface area contributed by atoms with E-state index in [4.69, 9.17) is 10.2 Å². The number of carbonyl (C=O) groups is 1. The standard InChI is InChI=1S/C22H20N4O/c1-2-26-12-11-20-18(14-26)21(17-5-3-4-6-19(17)25-20)22(27)24-16-9-7-15(13-23)8-10-16/h3-10H,2,11-12,14H2,1H3,(H,24,27)/p+1. The summed E-state index contributed by atoms with van der Waals surface area (Å²) in [4.78, 5) is 19.5. The van der Waals surface area contributed by atoms with Crippen LogP contribution in [0.2, 0.25) is 0 Å². The first-order valence-electron chi connectivity index (χ1n) is 9.25. The van der Waals surface area contributed by atoms with Gasteiger partial charge < -0.3 is 10.2 Å². The van der Waals surface area contributed by atoms with Gasteiger partial charge in [0, 0.05) is 23.1 Å². The fourth-order valence-electron chi connectivity index (χ4n) is 3.72. The quantitative estimate of drug-likeness (QED) is 0.756. The van der Waals surface area contributed by atoms with E-state index >= 15 is 0 Å². The van der Waals surface area contributed by atoms with Crippen LogP contribution in [0.4, 0.5) is 5.69 Å². The maximum Gasteiger partial charge on any atom is 0.256 e. The van der Waals surface area contributed by atoms with Crippen molar-refractivity contribution in [2.24, 2.45) is 0 Å². The van der Waals surface area contributed by atoms with Gasteiger partial charge in [-0.2, -0.15) is 5.26 Å². The summed E-state index contributed by atoms with van der Waals surface area (Å²) in [6, 6.07) is 16.9. The van der Waals surface area contributed by atoms with Gasteiger partial charge in [0.25, 0.3) is 5.91 Å². The zero-order chi connectivity index (χ0) is 18.8. The summed E-state index contributed by atoms with van der Waals surface area (Å²) in [6.07, 6.45) is 0.889. The number of carbonyl (C=O) groups excluding carboxylic acids is 1. The lowest BCUT2D eigenvalue weighted by Gasteiger charge is -2.26. The van der Waals surface area contributed by atoms with Gasteiger partial charge in [-0.05, 0) is 37.3 Å². The minimum Gasteiger partial charge on any atom is -0.331 e. The van der Waals surface area contributed by atoms with E-state index in [0.717, 1.165) is 53.8 Å². The fourth-order valence-corrected chi connectivity index (χ4v) is 3.72. The lowest BCUT2D eigenvalue weighted by molar-refractivity contribution is -0.914. The second-order valence-corrected chi connectivity index (χ2v) is 6.85. The molecule has 5 heteroatoms. The second-order valence-electron chi connectivity index (χ2n) is 6.85. The zero-order valence-corrected chi connectivity index (χ0v) is 15.2. The van der Waals surface area contributed by atoms with Gasteiger partial charge in [0.15, 0.2) is 0 Å². The Labute approximate surface area is 158 Å². The number of hydrogen-bond acceptors (Lipinski definition) is 3. The molecule has 1 unspecified atom stereocenters. The van der Waals surface area contributed by atoms with E-state index in [0.29, 0.717) is 11.3 Å². The van der Waals surface area contributed by atoms with Crippen LogP contribution >= 0.6 is 0 Å². The number of quaternary nitrogens is 1. The number of nitrogens with one attached hydrogen (secondary N) is 2. The average Bonchev–Trinajstić information content (AvgIpc) is 2.72. The normalized spacial score (nSPS) is 15.8. The Bertz CT molecular complexity index is 1050. The molecular weight excluding hydrogens is 336 g/mol. The molecule has 1 aliphatic heterocycles. The van der Waals surface area contributed by atoms with Crippen molar-refractivity contribution in [1.82, 2.24) is 4.98 Å². The number of pyridine rings is 1. The molecule has 5 nitrogen and oxygen atoms in total. The molecule has 0 saturated heterocycles. The number of para-hydroxylation sites is 1. The molecule has 0 bridgehead atoms. The van der Waals surface area contributed by atoms with Gasteiger partial charge in [0.05, 0.1) is 41.5 Å². The maximum absolute atomic E-state index is 13.2. The number of aromatic nitrogens is 1. The van der Waals surface area contributed by atoms with E-state index in [1.807, 2.05) is 24.3 Å². The third kappa shape index (κ3) is 3.27. The first kappa shape index (κ1) is 17.2. The molecule has 0 fully saturated rings. The summed E-state index contributed by atoms with van der Waals surface area (Å²) in [6.45, 7) is 5.07. The number of nitriles is 1. The van der Waals surface area contributed by atoms with E-state index in [1.54, 1.807) is 24.3 Å². The molecule has 1 atom stereocenters. The van der Waals surface area contributed by atoms with Crippen LogP contribution in [0.1, 0.15) is 34.1 Å². The van der Waals surface area contributed by atoms with Crippen LogP contribution in [0.3, 0.4) is 0 Å². The smallest absolute Gasteiger partial charge is 0.256 e. The van der Waals surface area contributed by atoms with Crippen molar-refractivity contribution in [2.75, 3.05) is 18.4 Å². The summed E-state index contributed by atoms with van der Waals surface area (Å²) < 4.78 is 0. The minimum atomic E-state index is -0.119. The van der Waals surface area contributed by atoms with Gasteiger partial charge in [-0.3, -0.25) is 9.78 Å². The molecule has 1 amide bonds. The largest absolute Gasteiger partial charge is 0.331 e. The van der Waals surface area contributed by atoms with Crippen LogP contribution in [0.15, 0.2) is 48.5 Å². The molecule has 1 aliphatic rings. The molecular formula is C22H21N4O+. The first-order valence-corrected chi connectivity index (χ1v) is 9.25. The van der Waals surface area contributed by atoms with Crippen molar-refractivity contribution in [3.63, 3.8) is 0 Å². The molecule has 1 aromatic heterocycles. The van der Waals surface area contributed by atoms with E-state index in [1.165, 1.54) is 4.90 Å². The SMILES string of the molecule is CC[NH+]1CCc2nc3ccccc3c(C(=O)Nc3ccc(C#N)cc3)c2C1. The molecule has 2 aromatic carbocycles. The van der Waals surface area contributed by atoms with Crippen molar-refractivity contribution in [3.05, 3.63) is 70.9 Å². The van der Waals surface area contributed by atoms with Gasteiger partial charge in [0.1, 0.15) is 6.54 Å². The molecule has 2 heterocycles. The van der Waals surface area contributed by atoms with Gasteiger partial charge in [-0.1, -0.05) is 18.2 Å². The van der Waals surface area contributed by atoms with Crippen molar-refractivity contribution < 1.29 is 9.69 Å². The average molecular weight is 357 g/mol. The van der Waals surface area contributed by atoms with Crippen molar-refractivity contribution in [1.29, 1.82) is 5.26 Å².